The first kappa shape index (κ1) is 24.8. The molecule has 0 amide bonds. The van der Waals surface area contributed by atoms with Crippen LogP contribution in [-0.4, -0.2) is 51.3 Å². The monoisotopic (exact) mass is 494 g/mol. The summed E-state index contributed by atoms with van der Waals surface area (Å²) in [6, 6.07) is 13.1. The van der Waals surface area contributed by atoms with Crippen molar-refractivity contribution in [1.29, 1.82) is 0 Å². The lowest BCUT2D eigenvalue weighted by molar-refractivity contribution is 0.142. The number of aromatic nitrogens is 5. The second-order valence-corrected chi connectivity index (χ2v) is 8.38. The number of ether oxygens (including phenoxy) is 2. The molecule has 0 atom stereocenters. The minimum absolute atomic E-state index is 0.0289. The van der Waals surface area contributed by atoms with Crippen LogP contribution in [0.1, 0.15) is 33.0 Å². The molecular weight excluding hydrogens is 467 g/mol. The molecule has 0 spiro atoms. The van der Waals surface area contributed by atoms with Crippen molar-refractivity contribution in [3.8, 4) is 34.1 Å². The highest BCUT2D eigenvalue weighted by Gasteiger charge is 2.16. The number of hydrogen-bond donors (Lipinski definition) is 1. The lowest BCUT2D eigenvalue weighted by atomic mass is 10.1. The van der Waals surface area contributed by atoms with Crippen LogP contribution >= 0.6 is 0 Å². The van der Waals surface area contributed by atoms with E-state index in [1.807, 2.05) is 13.0 Å². The third-order valence-corrected chi connectivity index (χ3v) is 4.85. The lowest BCUT2D eigenvalue weighted by Crippen LogP contribution is -2.13. The van der Waals surface area contributed by atoms with E-state index in [-0.39, 0.29) is 12.4 Å². The number of tetrazole rings is 1. The van der Waals surface area contributed by atoms with E-state index in [0.717, 1.165) is 6.42 Å². The van der Waals surface area contributed by atoms with Gasteiger partial charge >= 0.3 is 0 Å². The van der Waals surface area contributed by atoms with Gasteiger partial charge in [-0.3, -0.25) is 0 Å². The molecule has 0 fully saturated rings. The van der Waals surface area contributed by atoms with E-state index >= 15 is 0 Å². The Morgan fingerprint density at radius 3 is 2.53 bits per heavy atom. The molecule has 0 saturated heterocycles. The molecule has 0 radical (unpaired) electrons. The molecule has 10 nitrogen and oxygen atoms in total. The van der Waals surface area contributed by atoms with Crippen molar-refractivity contribution in [2.24, 2.45) is 11.1 Å². The van der Waals surface area contributed by atoms with Gasteiger partial charge in [-0.05, 0) is 54.0 Å². The van der Waals surface area contributed by atoms with Crippen LogP contribution in [0.4, 0.5) is 4.39 Å². The van der Waals surface area contributed by atoms with Crippen LogP contribution in [0.2, 0.25) is 0 Å². The van der Waals surface area contributed by atoms with E-state index < -0.39 is 0 Å². The summed E-state index contributed by atoms with van der Waals surface area (Å²) in [5.41, 5.74) is 2.33. The van der Waals surface area contributed by atoms with E-state index in [2.05, 4.69) is 44.8 Å². The molecule has 1 N–H and O–H groups in total. The third-order valence-electron chi connectivity index (χ3n) is 4.85. The minimum Gasteiger partial charge on any atom is -0.493 e. The van der Waals surface area contributed by atoms with Crippen molar-refractivity contribution in [2.75, 3.05) is 19.8 Å². The van der Waals surface area contributed by atoms with Gasteiger partial charge in [-0.2, -0.15) is 5.21 Å². The molecule has 0 aliphatic heterocycles. The van der Waals surface area contributed by atoms with Crippen LogP contribution < -0.4 is 9.47 Å². The molecule has 0 bridgehead atoms. The van der Waals surface area contributed by atoms with Gasteiger partial charge in [0.25, 0.3) is 0 Å². The van der Waals surface area contributed by atoms with Gasteiger partial charge in [0.2, 0.25) is 5.82 Å². The smallest absolute Gasteiger partial charge is 0.204 e. The average molecular weight is 495 g/mol. The van der Waals surface area contributed by atoms with Crippen LogP contribution in [-0.2, 0) is 4.84 Å². The Hall–Kier alpha value is -4.28. The Bertz CT molecular complexity index is 1270. The van der Waals surface area contributed by atoms with E-state index in [0.29, 0.717) is 64.7 Å². The van der Waals surface area contributed by atoms with Crippen molar-refractivity contribution in [1.82, 2.24) is 25.8 Å². The normalized spacial score (nSPS) is 11.6. The zero-order chi connectivity index (χ0) is 25.3. The van der Waals surface area contributed by atoms with Crippen molar-refractivity contribution in [3.63, 3.8) is 0 Å². The molecule has 0 unspecified atom stereocenters. The van der Waals surface area contributed by atoms with Crippen molar-refractivity contribution in [2.45, 2.75) is 27.2 Å². The van der Waals surface area contributed by atoms with E-state index in [9.17, 15) is 4.39 Å². The molecule has 188 valence electrons. The van der Waals surface area contributed by atoms with Crippen LogP contribution in [0.25, 0.3) is 22.6 Å². The summed E-state index contributed by atoms with van der Waals surface area (Å²) in [6.45, 7) is 7.12. The van der Waals surface area contributed by atoms with Gasteiger partial charge in [-0.15, -0.1) is 10.2 Å². The van der Waals surface area contributed by atoms with Crippen LogP contribution in [0.15, 0.2) is 58.2 Å². The fourth-order valence-corrected chi connectivity index (χ4v) is 3.09. The topological polar surface area (TPSA) is 121 Å². The molecule has 2 heterocycles. The van der Waals surface area contributed by atoms with Crippen molar-refractivity contribution in [3.05, 3.63) is 60.1 Å². The minimum atomic E-state index is -0.328. The SMILES string of the molecule is CCCO/N=C(\COc1cc(OCC(C)C)cc(-c2nn[nH]n2)c1)c1cc(-c2ccc(F)cc2)no1. The van der Waals surface area contributed by atoms with Crippen LogP contribution in [0.5, 0.6) is 11.5 Å². The predicted octanol–water partition coefficient (Wildman–Crippen LogP) is 4.91. The predicted molar refractivity (Wildman–Crippen MR) is 130 cm³/mol. The molecule has 4 rings (SSSR count). The second kappa shape index (κ2) is 11.9. The number of nitrogens with one attached hydrogen (secondary N) is 1. The average Bonchev–Trinajstić information content (AvgIpc) is 3.58. The lowest BCUT2D eigenvalue weighted by Gasteiger charge is -2.13. The first-order valence-corrected chi connectivity index (χ1v) is 11.6. The molecular formula is C25H27FN6O4. The van der Waals surface area contributed by atoms with Gasteiger partial charge in [-0.1, -0.05) is 31.1 Å². The Morgan fingerprint density at radius 1 is 1.06 bits per heavy atom. The highest BCUT2D eigenvalue weighted by Crippen LogP contribution is 2.29. The summed E-state index contributed by atoms with van der Waals surface area (Å²) in [7, 11) is 0. The first-order valence-electron chi connectivity index (χ1n) is 11.6. The first-order chi connectivity index (χ1) is 17.5. The van der Waals surface area contributed by atoms with Gasteiger partial charge in [0.15, 0.2) is 11.5 Å². The molecule has 4 aromatic rings. The Kier molecular flexibility index (Phi) is 8.22. The number of rotatable bonds is 12. The van der Waals surface area contributed by atoms with Gasteiger partial charge in [0.05, 0.1) is 6.61 Å². The highest BCUT2D eigenvalue weighted by molar-refractivity contribution is 5.99. The quantitative estimate of drug-likeness (QED) is 0.168. The van der Waals surface area contributed by atoms with Crippen LogP contribution in [0.3, 0.4) is 0 Å². The molecule has 0 aliphatic rings. The maximum absolute atomic E-state index is 13.3. The van der Waals surface area contributed by atoms with Gasteiger partial charge in [-0.25, -0.2) is 4.39 Å². The Morgan fingerprint density at radius 2 is 1.83 bits per heavy atom. The summed E-state index contributed by atoms with van der Waals surface area (Å²) >= 11 is 0. The summed E-state index contributed by atoms with van der Waals surface area (Å²) in [5.74, 6) is 1.92. The highest BCUT2D eigenvalue weighted by atomic mass is 19.1. The van der Waals surface area contributed by atoms with Crippen LogP contribution in [0, 0.1) is 11.7 Å². The number of oxime groups is 1. The molecule has 36 heavy (non-hydrogen) atoms. The fraction of sp³-hybridized carbons (Fsp3) is 0.320. The largest absolute Gasteiger partial charge is 0.493 e. The second-order valence-electron chi connectivity index (χ2n) is 8.38. The fourth-order valence-electron chi connectivity index (χ4n) is 3.09. The van der Waals surface area contributed by atoms with Gasteiger partial charge in [0.1, 0.15) is 36.2 Å². The molecule has 11 heteroatoms. The standard InChI is InChI=1S/C25H27FN6O4/c1-4-9-35-29-23(24-13-22(30-36-24)17-5-7-19(26)8-6-17)15-34-21-11-18(25-27-31-32-28-25)10-20(12-21)33-14-16(2)3/h5-8,10-13,16H,4,9,14-15H2,1-3H3,(H,27,28,31,32)/b29-23+. The third kappa shape index (κ3) is 6.65. The summed E-state index contributed by atoms with van der Waals surface area (Å²) < 4.78 is 30.8. The van der Waals surface area contributed by atoms with E-state index in [1.165, 1.54) is 12.1 Å². The van der Waals surface area contributed by atoms with Gasteiger partial charge in [0, 0.05) is 23.3 Å². The van der Waals surface area contributed by atoms with E-state index in [1.54, 1.807) is 30.3 Å². The maximum Gasteiger partial charge on any atom is 0.204 e. The van der Waals surface area contributed by atoms with Crippen molar-refractivity contribution >= 4 is 5.71 Å². The van der Waals surface area contributed by atoms with Gasteiger partial charge < -0.3 is 18.8 Å². The molecule has 0 aliphatic carbocycles. The molecule has 2 aromatic heterocycles. The maximum atomic E-state index is 13.3. The number of hydrogen-bond acceptors (Lipinski definition) is 9. The molecule has 2 aromatic carbocycles. The number of aromatic amines is 1. The number of nitrogens with zero attached hydrogens (tertiary/aromatic N) is 5. The Labute approximate surface area is 207 Å². The van der Waals surface area contributed by atoms with Crippen molar-refractivity contribution < 1.29 is 23.2 Å². The van der Waals surface area contributed by atoms with E-state index in [4.69, 9.17) is 18.8 Å². The summed E-state index contributed by atoms with van der Waals surface area (Å²) in [6.07, 6.45) is 0.790. The summed E-state index contributed by atoms with van der Waals surface area (Å²) in [4.78, 5) is 5.40. The number of halogens is 1. The zero-order valence-corrected chi connectivity index (χ0v) is 20.3. The Balaban J connectivity index is 1.56. The molecule has 0 saturated carbocycles. The number of H-pyrrole nitrogens is 1. The number of benzene rings is 2. The zero-order valence-electron chi connectivity index (χ0n) is 20.3. The summed E-state index contributed by atoms with van der Waals surface area (Å²) in [5, 5.41) is 22.5.